The van der Waals surface area contributed by atoms with E-state index in [1.807, 2.05) is 37.3 Å². The third kappa shape index (κ3) is 1.58. The van der Waals surface area contributed by atoms with Crippen molar-refractivity contribution in [2.24, 2.45) is 0 Å². The second-order valence-corrected chi connectivity index (χ2v) is 4.51. The van der Waals surface area contributed by atoms with Crippen LogP contribution < -0.4 is 0 Å². The summed E-state index contributed by atoms with van der Waals surface area (Å²) in [6.07, 6.45) is 0. The number of hydrogen-bond donors (Lipinski definition) is 0. The van der Waals surface area contributed by atoms with E-state index in [9.17, 15) is 0 Å². The molecule has 0 fully saturated rings. The Morgan fingerprint density at radius 1 is 1.31 bits per heavy atom. The first kappa shape index (κ1) is 10.4. The molecule has 0 spiro atoms. The van der Waals surface area contributed by atoms with Gasteiger partial charge in [0.15, 0.2) is 0 Å². The maximum Gasteiger partial charge on any atom is 0.250 e. The Balaban J connectivity index is 2.75. The summed E-state index contributed by atoms with van der Waals surface area (Å²) in [5.74, 6) is 0. The van der Waals surface area contributed by atoms with Crippen molar-refractivity contribution in [3.05, 3.63) is 52.2 Å². The van der Waals surface area contributed by atoms with Crippen molar-refractivity contribution in [2.75, 3.05) is 0 Å². The van der Waals surface area contributed by atoms with Crippen LogP contribution in [0.15, 0.2) is 30.3 Å². The Morgan fingerprint density at radius 2 is 2.00 bits per heavy atom. The molecule has 0 radical (unpaired) electrons. The Hall–Kier alpha value is -2.10. The van der Waals surface area contributed by atoms with E-state index in [1.54, 1.807) is 0 Å². The SMILES string of the molecule is [C-]#[N+]c1sc(C)c(C#N)c1-c1ccccc1. The van der Waals surface area contributed by atoms with Crippen LogP contribution in [0, 0.1) is 24.8 Å². The zero-order valence-corrected chi connectivity index (χ0v) is 9.51. The molecule has 2 aromatic rings. The lowest BCUT2D eigenvalue weighted by atomic mass is 10.0. The molecule has 1 aromatic heterocycles. The van der Waals surface area contributed by atoms with Crippen LogP contribution in [0.1, 0.15) is 10.4 Å². The van der Waals surface area contributed by atoms with Gasteiger partial charge in [0.05, 0.1) is 18.2 Å². The Bertz CT molecular complexity index is 597. The summed E-state index contributed by atoms with van der Waals surface area (Å²) >= 11 is 1.38. The first-order valence-electron chi connectivity index (χ1n) is 4.74. The minimum atomic E-state index is 0.597. The molecule has 1 heterocycles. The van der Waals surface area contributed by atoms with Crippen molar-refractivity contribution in [3.63, 3.8) is 0 Å². The molecule has 0 aliphatic carbocycles. The van der Waals surface area contributed by atoms with Crippen LogP contribution >= 0.6 is 11.3 Å². The molecule has 0 aliphatic heterocycles. The third-order valence-electron chi connectivity index (χ3n) is 2.34. The molecule has 0 amide bonds. The number of nitriles is 1. The fourth-order valence-electron chi connectivity index (χ4n) is 1.62. The molecule has 0 saturated carbocycles. The molecule has 0 saturated heterocycles. The Kier molecular flexibility index (Phi) is 2.72. The molecular formula is C13H8N2S. The van der Waals surface area contributed by atoms with E-state index < -0.39 is 0 Å². The van der Waals surface area contributed by atoms with Gasteiger partial charge in [-0.15, -0.1) is 0 Å². The van der Waals surface area contributed by atoms with Gasteiger partial charge in [-0.3, -0.25) is 0 Å². The molecule has 0 N–H and O–H groups in total. The molecule has 2 nitrogen and oxygen atoms in total. The van der Waals surface area contributed by atoms with Crippen LogP contribution in [0.2, 0.25) is 0 Å². The van der Waals surface area contributed by atoms with Gasteiger partial charge in [-0.2, -0.15) is 16.6 Å². The highest BCUT2D eigenvalue weighted by Gasteiger charge is 2.16. The average Bonchev–Trinajstić information content (AvgIpc) is 2.66. The molecule has 2 rings (SSSR count). The van der Waals surface area contributed by atoms with Gasteiger partial charge in [0.2, 0.25) is 5.00 Å². The van der Waals surface area contributed by atoms with Gasteiger partial charge >= 0.3 is 0 Å². The standard InChI is InChI=1S/C13H8N2S/c1-9-11(8-14)12(13(15-2)16-9)10-6-4-3-5-7-10/h3-7H,1H3. The topological polar surface area (TPSA) is 28.1 Å². The van der Waals surface area contributed by atoms with Crippen LogP contribution in [-0.2, 0) is 0 Å². The van der Waals surface area contributed by atoms with Gasteiger partial charge in [-0.1, -0.05) is 30.3 Å². The van der Waals surface area contributed by atoms with Gasteiger partial charge in [0.25, 0.3) is 0 Å². The number of aryl methyl sites for hydroxylation is 1. The number of benzene rings is 1. The highest BCUT2D eigenvalue weighted by atomic mass is 32.1. The molecule has 0 aliphatic rings. The monoisotopic (exact) mass is 224 g/mol. The lowest BCUT2D eigenvalue weighted by Gasteiger charge is -1.99. The van der Waals surface area contributed by atoms with Crippen molar-refractivity contribution in [1.82, 2.24) is 0 Å². The van der Waals surface area contributed by atoms with Crippen LogP contribution in [0.25, 0.3) is 16.0 Å². The highest BCUT2D eigenvalue weighted by Crippen LogP contribution is 2.41. The first-order valence-corrected chi connectivity index (χ1v) is 5.56. The largest absolute Gasteiger partial charge is 0.250 e. The first-order chi connectivity index (χ1) is 7.77. The van der Waals surface area contributed by atoms with Crippen LogP contribution in [0.3, 0.4) is 0 Å². The summed E-state index contributed by atoms with van der Waals surface area (Å²) in [6, 6.07) is 11.8. The second-order valence-electron chi connectivity index (χ2n) is 3.30. The Labute approximate surface area is 98.2 Å². The lowest BCUT2D eigenvalue weighted by molar-refractivity contribution is 1.47. The van der Waals surface area contributed by atoms with Gasteiger partial charge < -0.3 is 0 Å². The zero-order chi connectivity index (χ0) is 11.5. The molecule has 0 atom stereocenters. The van der Waals surface area contributed by atoms with Crippen molar-refractivity contribution in [3.8, 4) is 17.2 Å². The minimum absolute atomic E-state index is 0.597. The number of nitrogens with zero attached hydrogens (tertiary/aromatic N) is 2. The molecular weight excluding hydrogens is 216 g/mol. The van der Waals surface area contributed by atoms with Gasteiger partial charge in [0, 0.05) is 10.4 Å². The van der Waals surface area contributed by atoms with Gasteiger partial charge in [0.1, 0.15) is 0 Å². The maximum absolute atomic E-state index is 9.12. The summed E-state index contributed by atoms with van der Waals surface area (Å²) in [4.78, 5) is 4.40. The van der Waals surface area contributed by atoms with Gasteiger partial charge in [-0.25, -0.2) is 4.85 Å². The van der Waals surface area contributed by atoms with E-state index in [0.717, 1.165) is 16.0 Å². The highest BCUT2D eigenvalue weighted by molar-refractivity contribution is 7.17. The summed E-state index contributed by atoms with van der Waals surface area (Å²) in [6.45, 7) is 9.02. The number of hydrogen-bond acceptors (Lipinski definition) is 2. The fraction of sp³-hybridized carbons (Fsp3) is 0.0769. The zero-order valence-electron chi connectivity index (χ0n) is 8.69. The van der Waals surface area contributed by atoms with Crippen LogP contribution in [0.4, 0.5) is 5.00 Å². The van der Waals surface area contributed by atoms with Crippen molar-refractivity contribution >= 4 is 16.3 Å². The normalized spacial score (nSPS) is 9.44. The van der Waals surface area contributed by atoms with E-state index in [2.05, 4.69) is 10.9 Å². The third-order valence-corrected chi connectivity index (χ3v) is 3.34. The van der Waals surface area contributed by atoms with Crippen LogP contribution in [0.5, 0.6) is 0 Å². The van der Waals surface area contributed by atoms with Crippen molar-refractivity contribution in [1.29, 1.82) is 5.26 Å². The summed E-state index contributed by atoms with van der Waals surface area (Å²) < 4.78 is 0. The van der Waals surface area contributed by atoms with E-state index in [4.69, 9.17) is 11.8 Å². The molecule has 0 unspecified atom stereocenters. The molecule has 16 heavy (non-hydrogen) atoms. The van der Waals surface area contributed by atoms with E-state index >= 15 is 0 Å². The molecule has 0 bridgehead atoms. The number of rotatable bonds is 1. The van der Waals surface area contributed by atoms with E-state index in [0.29, 0.717) is 10.6 Å². The maximum atomic E-state index is 9.12. The summed E-state index contributed by atoms with van der Waals surface area (Å²) in [5.41, 5.74) is 2.34. The number of thiophene rings is 1. The minimum Gasteiger partial charge on any atom is -0.226 e. The van der Waals surface area contributed by atoms with Crippen molar-refractivity contribution in [2.45, 2.75) is 6.92 Å². The van der Waals surface area contributed by atoms with Crippen molar-refractivity contribution < 1.29 is 0 Å². The van der Waals surface area contributed by atoms with E-state index in [1.165, 1.54) is 11.3 Å². The second kappa shape index (κ2) is 4.18. The quantitative estimate of drug-likeness (QED) is 0.669. The Morgan fingerprint density at radius 3 is 2.56 bits per heavy atom. The lowest BCUT2D eigenvalue weighted by Crippen LogP contribution is -1.79. The molecule has 1 aromatic carbocycles. The predicted molar refractivity (Wildman–Crippen MR) is 65.5 cm³/mol. The van der Waals surface area contributed by atoms with E-state index in [-0.39, 0.29) is 0 Å². The van der Waals surface area contributed by atoms with Gasteiger partial charge in [-0.05, 0) is 12.5 Å². The molecule has 3 heteroatoms. The predicted octanol–water partition coefficient (Wildman–Crippen LogP) is 4.15. The average molecular weight is 224 g/mol. The summed E-state index contributed by atoms with van der Waals surface area (Å²) in [7, 11) is 0. The summed E-state index contributed by atoms with van der Waals surface area (Å²) in [5, 5.41) is 9.72. The smallest absolute Gasteiger partial charge is 0.226 e. The van der Waals surface area contributed by atoms with Crippen LogP contribution in [-0.4, -0.2) is 0 Å². The fourth-order valence-corrected chi connectivity index (χ4v) is 2.52. The molecule has 76 valence electrons.